The number of nitrogens with zero attached hydrogens (tertiary/aromatic N) is 2. The topological polar surface area (TPSA) is 115 Å². The maximum absolute atomic E-state index is 12.7. The van der Waals surface area contributed by atoms with Crippen LogP contribution in [0.3, 0.4) is 0 Å². The standard InChI is InChI=1S/C19H28N4O4/c1-11-15(12(2)22-21-11)16(19(26)27)20-17(24)13-7-9-23(10-8-13)18(25)14-5-3-4-6-14/h13-14,16H,3-10H2,1-2H3,(H,20,24)(H,21,22)(H,26,27). The van der Waals surface area contributed by atoms with Gasteiger partial charge in [-0.15, -0.1) is 0 Å². The Balaban J connectivity index is 1.58. The molecule has 8 heteroatoms. The van der Waals surface area contributed by atoms with Crippen LogP contribution in [0.15, 0.2) is 0 Å². The van der Waals surface area contributed by atoms with Crippen molar-refractivity contribution in [3.05, 3.63) is 17.0 Å². The van der Waals surface area contributed by atoms with Crippen LogP contribution in [-0.4, -0.2) is 51.1 Å². The van der Waals surface area contributed by atoms with Gasteiger partial charge >= 0.3 is 5.97 Å². The Morgan fingerprint density at radius 2 is 1.74 bits per heavy atom. The van der Waals surface area contributed by atoms with Crippen molar-refractivity contribution in [2.45, 2.75) is 58.4 Å². The number of nitrogens with one attached hydrogen (secondary N) is 2. The zero-order valence-corrected chi connectivity index (χ0v) is 16.0. The highest BCUT2D eigenvalue weighted by Crippen LogP contribution is 2.29. The Labute approximate surface area is 158 Å². The van der Waals surface area contributed by atoms with Crippen LogP contribution in [0.25, 0.3) is 0 Å². The maximum atomic E-state index is 12.7. The third kappa shape index (κ3) is 4.14. The Hall–Kier alpha value is -2.38. The highest BCUT2D eigenvalue weighted by atomic mass is 16.4. The van der Waals surface area contributed by atoms with Gasteiger partial charge in [0.1, 0.15) is 0 Å². The lowest BCUT2D eigenvalue weighted by molar-refractivity contribution is -0.143. The number of hydrogen-bond acceptors (Lipinski definition) is 4. The summed E-state index contributed by atoms with van der Waals surface area (Å²) in [5.41, 5.74) is 1.71. The van der Waals surface area contributed by atoms with Crippen LogP contribution in [0, 0.1) is 25.7 Å². The van der Waals surface area contributed by atoms with E-state index in [9.17, 15) is 19.5 Å². The van der Waals surface area contributed by atoms with Gasteiger partial charge in [-0.25, -0.2) is 4.79 Å². The van der Waals surface area contributed by atoms with Gasteiger partial charge in [0.2, 0.25) is 11.8 Å². The molecule has 8 nitrogen and oxygen atoms in total. The average Bonchev–Trinajstić information content (AvgIpc) is 3.30. The van der Waals surface area contributed by atoms with E-state index in [0.29, 0.717) is 42.9 Å². The van der Waals surface area contributed by atoms with Crippen molar-refractivity contribution in [3.63, 3.8) is 0 Å². The van der Waals surface area contributed by atoms with Crippen LogP contribution in [-0.2, 0) is 14.4 Å². The summed E-state index contributed by atoms with van der Waals surface area (Å²) in [6, 6.07) is -1.12. The Kier molecular flexibility index (Phi) is 5.82. The maximum Gasteiger partial charge on any atom is 0.331 e. The van der Waals surface area contributed by atoms with Gasteiger partial charge in [0.15, 0.2) is 6.04 Å². The van der Waals surface area contributed by atoms with Crippen LogP contribution in [0.2, 0.25) is 0 Å². The summed E-state index contributed by atoms with van der Waals surface area (Å²) < 4.78 is 0. The molecule has 148 valence electrons. The minimum absolute atomic E-state index is 0.152. The second-order valence-electron chi connectivity index (χ2n) is 7.71. The van der Waals surface area contributed by atoms with Crippen LogP contribution in [0.4, 0.5) is 0 Å². The summed E-state index contributed by atoms with van der Waals surface area (Å²) in [5.74, 6) is -1.27. The number of aromatic amines is 1. The number of rotatable bonds is 5. The molecule has 27 heavy (non-hydrogen) atoms. The lowest BCUT2D eigenvalue weighted by Crippen LogP contribution is -2.46. The fraction of sp³-hybridized carbons (Fsp3) is 0.684. The summed E-state index contributed by atoms with van der Waals surface area (Å²) in [7, 11) is 0. The van der Waals surface area contributed by atoms with Gasteiger partial charge in [-0.2, -0.15) is 5.10 Å². The zero-order valence-electron chi connectivity index (χ0n) is 16.0. The summed E-state index contributed by atoms with van der Waals surface area (Å²) in [4.78, 5) is 38.7. The highest BCUT2D eigenvalue weighted by molar-refractivity contribution is 5.86. The summed E-state index contributed by atoms with van der Waals surface area (Å²) in [5, 5.41) is 19.0. The molecule has 1 aromatic heterocycles. The molecule has 2 heterocycles. The van der Waals surface area contributed by atoms with Crippen molar-refractivity contribution >= 4 is 17.8 Å². The predicted molar refractivity (Wildman–Crippen MR) is 97.8 cm³/mol. The molecular formula is C19H28N4O4. The number of amides is 2. The van der Waals surface area contributed by atoms with Crippen molar-refractivity contribution < 1.29 is 19.5 Å². The molecule has 0 aromatic carbocycles. The lowest BCUT2D eigenvalue weighted by Gasteiger charge is -2.33. The molecular weight excluding hydrogens is 348 g/mol. The first-order valence-corrected chi connectivity index (χ1v) is 9.72. The van der Waals surface area contributed by atoms with Gasteiger partial charge in [-0.3, -0.25) is 14.7 Å². The molecule has 2 fully saturated rings. The predicted octanol–water partition coefficient (Wildman–Crippen LogP) is 1.70. The van der Waals surface area contributed by atoms with E-state index in [0.717, 1.165) is 25.7 Å². The van der Waals surface area contributed by atoms with E-state index in [2.05, 4.69) is 15.5 Å². The van der Waals surface area contributed by atoms with Crippen molar-refractivity contribution in [1.29, 1.82) is 0 Å². The van der Waals surface area contributed by atoms with E-state index in [-0.39, 0.29) is 23.7 Å². The van der Waals surface area contributed by atoms with Crippen molar-refractivity contribution in [2.24, 2.45) is 11.8 Å². The zero-order chi connectivity index (χ0) is 19.6. The minimum Gasteiger partial charge on any atom is -0.479 e. The van der Waals surface area contributed by atoms with Crippen LogP contribution in [0.5, 0.6) is 0 Å². The third-order valence-electron chi connectivity index (χ3n) is 5.89. The van der Waals surface area contributed by atoms with E-state index < -0.39 is 12.0 Å². The third-order valence-corrected chi connectivity index (χ3v) is 5.89. The molecule has 1 saturated carbocycles. The average molecular weight is 376 g/mol. The molecule has 3 N–H and O–H groups in total. The molecule has 1 saturated heterocycles. The first-order chi connectivity index (χ1) is 12.9. The monoisotopic (exact) mass is 376 g/mol. The Morgan fingerprint density at radius 3 is 2.26 bits per heavy atom. The van der Waals surface area contributed by atoms with E-state index in [1.807, 2.05) is 4.90 Å². The number of H-pyrrole nitrogens is 1. The number of aryl methyl sites for hydroxylation is 2. The molecule has 1 unspecified atom stereocenters. The number of carbonyl (C=O) groups is 3. The Bertz CT molecular complexity index is 696. The lowest BCUT2D eigenvalue weighted by atomic mass is 9.93. The van der Waals surface area contributed by atoms with Gasteiger partial charge < -0.3 is 15.3 Å². The van der Waals surface area contributed by atoms with E-state index in [1.165, 1.54) is 0 Å². The molecule has 2 aliphatic rings. The SMILES string of the molecule is Cc1n[nH]c(C)c1C(NC(=O)C1CCN(C(=O)C2CCCC2)CC1)C(=O)O. The van der Waals surface area contributed by atoms with Crippen molar-refractivity contribution in [2.75, 3.05) is 13.1 Å². The van der Waals surface area contributed by atoms with Gasteiger partial charge in [-0.1, -0.05) is 12.8 Å². The van der Waals surface area contributed by atoms with Crippen LogP contribution in [0.1, 0.15) is 61.5 Å². The number of carboxylic acid groups (broad SMARTS) is 1. The number of carboxylic acids is 1. The molecule has 1 aliphatic carbocycles. The first kappa shape index (κ1) is 19.4. The number of piperidine rings is 1. The van der Waals surface area contributed by atoms with E-state index >= 15 is 0 Å². The fourth-order valence-corrected chi connectivity index (χ4v) is 4.30. The normalized spacial score (nSPS) is 19.9. The van der Waals surface area contributed by atoms with Crippen LogP contribution < -0.4 is 5.32 Å². The van der Waals surface area contributed by atoms with Crippen molar-refractivity contribution in [1.82, 2.24) is 20.4 Å². The van der Waals surface area contributed by atoms with Gasteiger partial charge in [0, 0.05) is 36.2 Å². The summed E-state index contributed by atoms with van der Waals surface area (Å²) >= 11 is 0. The van der Waals surface area contributed by atoms with E-state index in [4.69, 9.17) is 0 Å². The van der Waals surface area contributed by atoms with Gasteiger partial charge in [0.25, 0.3) is 0 Å². The smallest absolute Gasteiger partial charge is 0.331 e. The summed E-state index contributed by atoms with van der Waals surface area (Å²) in [6.07, 6.45) is 5.34. The molecule has 0 spiro atoms. The minimum atomic E-state index is -1.12. The number of aromatic nitrogens is 2. The summed E-state index contributed by atoms with van der Waals surface area (Å²) in [6.45, 7) is 4.59. The largest absolute Gasteiger partial charge is 0.479 e. The number of carbonyl (C=O) groups excluding carboxylic acids is 2. The molecule has 0 bridgehead atoms. The first-order valence-electron chi connectivity index (χ1n) is 9.72. The number of hydrogen-bond donors (Lipinski definition) is 3. The Morgan fingerprint density at radius 1 is 1.11 bits per heavy atom. The van der Waals surface area contributed by atoms with Crippen LogP contribution >= 0.6 is 0 Å². The fourth-order valence-electron chi connectivity index (χ4n) is 4.30. The molecule has 0 radical (unpaired) electrons. The molecule has 1 aliphatic heterocycles. The molecule has 2 amide bonds. The quantitative estimate of drug-likeness (QED) is 0.723. The molecule has 1 aromatic rings. The highest BCUT2D eigenvalue weighted by Gasteiger charge is 2.34. The van der Waals surface area contributed by atoms with Crippen molar-refractivity contribution in [3.8, 4) is 0 Å². The van der Waals surface area contributed by atoms with Gasteiger partial charge in [0.05, 0.1) is 5.69 Å². The molecule has 3 rings (SSSR count). The second-order valence-corrected chi connectivity index (χ2v) is 7.71. The molecule has 1 atom stereocenters. The number of aliphatic carboxylic acids is 1. The van der Waals surface area contributed by atoms with Gasteiger partial charge in [-0.05, 0) is 39.5 Å². The number of likely N-dealkylation sites (tertiary alicyclic amines) is 1. The van der Waals surface area contributed by atoms with E-state index in [1.54, 1.807) is 13.8 Å². The second kappa shape index (κ2) is 8.10.